The van der Waals surface area contributed by atoms with Gasteiger partial charge in [0.15, 0.2) is 5.82 Å². The van der Waals surface area contributed by atoms with Crippen LogP contribution in [0.5, 0.6) is 0 Å². The summed E-state index contributed by atoms with van der Waals surface area (Å²) in [6.07, 6.45) is 4.60. The molecule has 0 unspecified atom stereocenters. The number of hydrogen-bond acceptors (Lipinski definition) is 3. The average molecular weight is 268 g/mol. The van der Waals surface area contributed by atoms with Crippen LogP contribution in [0.2, 0.25) is 0 Å². The van der Waals surface area contributed by atoms with E-state index in [0.29, 0.717) is 5.82 Å². The lowest BCUT2D eigenvalue weighted by atomic mass is 10.1. The molecule has 0 aliphatic carbocycles. The standard InChI is InChI=1S/C10H10BrN3O/c1-7(15)9-3-2-4-12-10(9)14-6-8(11)5-13-14/h2-7,15H,1H3/t7-/m1/s1. The normalized spacial score (nSPS) is 12.7. The first-order chi connectivity index (χ1) is 7.18. The largest absolute Gasteiger partial charge is 0.389 e. The summed E-state index contributed by atoms with van der Waals surface area (Å²) in [5.74, 6) is 0.651. The van der Waals surface area contributed by atoms with E-state index in [1.54, 1.807) is 36.3 Å². The first-order valence-electron chi connectivity index (χ1n) is 4.52. The Morgan fingerprint density at radius 1 is 1.53 bits per heavy atom. The number of aromatic nitrogens is 3. The Hall–Kier alpha value is -1.20. The molecule has 2 aromatic rings. The summed E-state index contributed by atoms with van der Waals surface area (Å²) in [5, 5.41) is 13.7. The van der Waals surface area contributed by atoms with Crippen LogP contribution in [0.25, 0.3) is 5.82 Å². The molecule has 0 fully saturated rings. The van der Waals surface area contributed by atoms with Gasteiger partial charge in [-0.1, -0.05) is 6.07 Å². The molecule has 0 aromatic carbocycles. The van der Waals surface area contributed by atoms with E-state index >= 15 is 0 Å². The third-order valence-electron chi connectivity index (χ3n) is 2.04. The fourth-order valence-electron chi connectivity index (χ4n) is 1.34. The first-order valence-corrected chi connectivity index (χ1v) is 5.31. The minimum atomic E-state index is -0.559. The van der Waals surface area contributed by atoms with Gasteiger partial charge in [0.1, 0.15) is 0 Å². The van der Waals surface area contributed by atoms with Crippen LogP contribution in [-0.4, -0.2) is 19.9 Å². The maximum atomic E-state index is 9.58. The van der Waals surface area contributed by atoms with Crippen molar-refractivity contribution in [2.45, 2.75) is 13.0 Å². The van der Waals surface area contributed by atoms with Crippen molar-refractivity contribution in [2.75, 3.05) is 0 Å². The molecule has 0 amide bonds. The minimum Gasteiger partial charge on any atom is -0.389 e. The topological polar surface area (TPSA) is 50.9 Å². The van der Waals surface area contributed by atoms with Crippen LogP contribution in [0.1, 0.15) is 18.6 Å². The first kappa shape index (κ1) is 10.3. The second-order valence-electron chi connectivity index (χ2n) is 3.20. The van der Waals surface area contributed by atoms with E-state index in [4.69, 9.17) is 0 Å². The predicted octanol–water partition coefficient (Wildman–Crippen LogP) is 2.08. The van der Waals surface area contributed by atoms with E-state index in [9.17, 15) is 5.11 Å². The molecule has 1 atom stereocenters. The van der Waals surface area contributed by atoms with Gasteiger partial charge in [-0.05, 0) is 28.9 Å². The smallest absolute Gasteiger partial charge is 0.159 e. The second-order valence-corrected chi connectivity index (χ2v) is 4.11. The van der Waals surface area contributed by atoms with Crippen molar-refractivity contribution in [3.63, 3.8) is 0 Å². The molecule has 2 heterocycles. The van der Waals surface area contributed by atoms with Gasteiger partial charge in [-0.25, -0.2) is 9.67 Å². The summed E-state index contributed by atoms with van der Waals surface area (Å²) >= 11 is 3.32. The molecule has 0 aliphatic heterocycles. The highest BCUT2D eigenvalue weighted by Gasteiger charge is 2.10. The molecule has 2 rings (SSSR count). The Morgan fingerprint density at radius 3 is 2.93 bits per heavy atom. The maximum Gasteiger partial charge on any atom is 0.159 e. The Bertz CT molecular complexity index is 467. The van der Waals surface area contributed by atoms with Crippen LogP contribution in [0.4, 0.5) is 0 Å². The minimum absolute atomic E-state index is 0.559. The van der Waals surface area contributed by atoms with Crippen molar-refractivity contribution in [2.24, 2.45) is 0 Å². The Morgan fingerprint density at radius 2 is 2.33 bits per heavy atom. The number of aliphatic hydroxyl groups excluding tert-OH is 1. The quantitative estimate of drug-likeness (QED) is 0.907. The molecule has 0 aliphatic rings. The van der Waals surface area contributed by atoms with E-state index in [2.05, 4.69) is 26.0 Å². The van der Waals surface area contributed by atoms with Crippen molar-refractivity contribution < 1.29 is 5.11 Å². The highest BCUT2D eigenvalue weighted by Crippen LogP contribution is 2.19. The molecule has 5 heteroatoms. The highest BCUT2D eigenvalue weighted by atomic mass is 79.9. The zero-order valence-electron chi connectivity index (χ0n) is 8.13. The van der Waals surface area contributed by atoms with Crippen molar-refractivity contribution in [3.05, 3.63) is 40.8 Å². The number of nitrogens with zero attached hydrogens (tertiary/aromatic N) is 3. The van der Waals surface area contributed by atoms with Crippen LogP contribution in [0, 0.1) is 0 Å². The van der Waals surface area contributed by atoms with Crippen LogP contribution in [0.15, 0.2) is 35.2 Å². The van der Waals surface area contributed by atoms with Crippen molar-refractivity contribution in [1.29, 1.82) is 0 Å². The zero-order valence-corrected chi connectivity index (χ0v) is 9.72. The van der Waals surface area contributed by atoms with E-state index in [1.165, 1.54) is 0 Å². The summed E-state index contributed by atoms with van der Waals surface area (Å²) in [6, 6.07) is 3.63. The molecule has 1 N–H and O–H groups in total. The third-order valence-corrected chi connectivity index (χ3v) is 2.44. The maximum absolute atomic E-state index is 9.58. The van der Waals surface area contributed by atoms with Gasteiger partial charge in [0.05, 0.1) is 16.8 Å². The van der Waals surface area contributed by atoms with E-state index < -0.39 is 6.10 Å². The number of pyridine rings is 1. The predicted molar refractivity (Wildman–Crippen MR) is 59.7 cm³/mol. The highest BCUT2D eigenvalue weighted by molar-refractivity contribution is 9.10. The Balaban J connectivity index is 2.52. The molecule has 0 radical (unpaired) electrons. The molecule has 4 nitrogen and oxygen atoms in total. The van der Waals surface area contributed by atoms with Crippen molar-refractivity contribution in [1.82, 2.24) is 14.8 Å². The number of rotatable bonds is 2. The monoisotopic (exact) mass is 267 g/mol. The molecule has 15 heavy (non-hydrogen) atoms. The molecule has 0 saturated heterocycles. The van der Waals surface area contributed by atoms with Gasteiger partial charge in [0.25, 0.3) is 0 Å². The number of halogens is 1. The van der Waals surface area contributed by atoms with E-state index in [1.807, 2.05) is 6.07 Å². The Labute approximate surface area is 95.7 Å². The molecule has 0 spiro atoms. The lowest BCUT2D eigenvalue weighted by molar-refractivity contribution is 0.198. The van der Waals surface area contributed by atoms with Gasteiger partial charge in [0.2, 0.25) is 0 Å². The average Bonchev–Trinajstić information content (AvgIpc) is 2.65. The lowest BCUT2D eigenvalue weighted by Gasteiger charge is -2.09. The molecular weight excluding hydrogens is 258 g/mol. The van der Waals surface area contributed by atoms with Gasteiger partial charge in [-0.3, -0.25) is 0 Å². The number of aliphatic hydroxyl groups is 1. The molecule has 0 saturated carbocycles. The zero-order chi connectivity index (χ0) is 10.8. The van der Waals surface area contributed by atoms with Gasteiger partial charge < -0.3 is 5.11 Å². The lowest BCUT2D eigenvalue weighted by Crippen LogP contribution is -2.05. The summed E-state index contributed by atoms with van der Waals surface area (Å²) in [6.45, 7) is 1.71. The Kier molecular flexibility index (Phi) is 2.83. The second kappa shape index (κ2) is 4.12. The summed E-state index contributed by atoms with van der Waals surface area (Å²) in [7, 11) is 0. The van der Waals surface area contributed by atoms with E-state index in [-0.39, 0.29) is 0 Å². The van der Waals surface area contributed by atoms with Gasteiger partial charge in [-0.15, -0.1) is 0 Å². The van der Waals surface area contributed by atoms with Crippen LogP contribution < -0.4 is 0 Å². The fraction of sp³-hybridized carbons (Fsp3) is 0.200. The molecular formula is C10H10BrN3O. The van der Waals surface area contributed by atoms with Crippen molar-refractivity contribution >= 4 is 15.9 Å². The fourth-order valence-corrected chi connectivity index (χ4v) is 1.63. The van der Waals surface area contributed by atoms with Crippen LogP contribution >= 0.6 is 15.9 Å². The molecule has 0 bridgehead atoms. The summed E-state index contributed by atoms with van der Waals surface area (Å²) in [4.78, 5) is 4.20. The van der Waals surface area contributed by atoms with Gasteiger partial charge >= 0.3 is 0 Å². The van der Waals surface area contributed by atoms with Crippen LogP contribution in [0.3, 0.4) is 0 Å². The summed E-state index contributed by atoms with van der Waals surface area (Å²) < 4.78 is 2.51. The van der Waals surface area contributed by atoms with Gasteiger partial charge in [-0.2, -0.15) is 5.10 Å². The summed E-state index contributed by atoms with van der Waals surface area (Å²) in [5.41, 5.74) is 0.758. The van der Waals surface area contributed by atoms with Crippen molar-refractivity contribution in [3.8, 4) is 5.82 Å². The molecule has 2 aromatic heterocycles. The van der Waals surface area contributed by atoms with Gasteiger partial charge in [0, 0.05) is 18.0 Å². The SMILES string of the molecule is C[C@@H](O)c1cccnc1-n1cc(Br)cn1. The molecule has 78 valence electrons. The van der Waals surface area contributed by atoms with Crippen LogP contribution in [-0.2, 0) is 0 Å². The van der Waals surface area contributed by atoms with E-state index in [0.717, 1.165) is 10.0 Å². The third kappa shape index (κ3) is 2.08. The number of hydrogen-bond donors (Lipinski definition) is 1.